The number of allylic oxidation sites excluding steroid dienone is 4. The molecule has 190 valence electrons. The lowest BCUT2D eigenvalue weighted by atomic mass is 9.85. The quantitative estimate of drug-likeness (QED) is 0.298. The Hall–Kier alpha value is -3.10. The number of imide groups is 2. The van der Waals surface area contributed by atoms with Crippen LogP contribution >= 0.6 is 21.6 Å². The summed E-state index contributed by atoms with van der Waals surface area (Å²) in [6.07, 6.45) is 10.3. The van der Waals surface area contributed by atoms with Crippen LogP contribution in [0.5, 0.6) is 0 Å². The van der Waals surface area contributed by atoms with Crippen molar-refractivity contribution in [2.24, 2.45) is 47.3 Å². The summed E-state index contributed by atoms with van der Waals surface area (Å²) in [6.45, 7) is 0. The van der Waals surface area contributed by atoms with Crippen LogP contribution in [0.1, 0.15) is 12.8 Å². The van der Waals surface area contributed by atoms with E-state index >= 15 is 0 Å². The van der Waals surface area contributed by atoms with E-state index in [1.807, 2.05) is 48.5 Å². The van der Waals surface area contributed by atoms with E-state index in [-0.39, 0.29) is 71.0 Å². The lowest BCUT2D eigenvalue weighted by Crippen LogP contribution is -2.32. The average Bonchev–Trinajstić information content (AvgIpc) is 3.77. The maximum absolute atomic E-state index is 13.1. The smallest absolute Gasteiger partial charge is 0.238 e. The standard InChI is InChI=1S/C30H24N2O4S2/c33-27-23-15-1-2-16(13-15)24(23)28(34)31(27)19-5-9-21(10-6-19)37-38-22-11-7-20(8-12-22)32-29(35)25-17-3-4-18(14-17)26(25)30(32)36/h1-12,15-18,23-26H,13-14H2. The molecule has 8 atom stereocenters. The van der Waals surface area contributed by atoms with Crippen molar-refractivity contribution in [3.8, 4) is 0 Å². The third-order valence-corrected chi connectivity index (χ3v) is 11.8. The summed E-state index contributed by atoms with van der Waals surface area (Å²) in [5.41, 5.74) is 1.28. The Morgan fingerprint density at radius 1 is 0.474 bits per heavy atom. The number of amides is 4. The van der Waals surface area contributed by atoms with Gasteiger partial charge in [0.2, 0.25) is 23.6 Å². The number of rotatable bonds is 5. The fraction of sp³-hybridized carbons (Fsp3) is 0.333. The van der Waals surface area contributed by atoms with Gasteiger partial charge in [-0.05, 0) is 85.0 Å². The van der Waals surface area contributed by atoms with Crippen molar-refractivity contribution in [1.29, 1.82) is 0 Å². The Balaban J connectivity index is 0.925. The Bertz CT molecular complexity index is 1290. The van der Waals surface area contributed by atoms with Gasteiger partial charge >= 0.3 is 0 Å². The molecule has 6 nitrogen and oxygen atoms in total. The van der Waals surface area contributed by atoms with Crippen LogP contribution in [-0.2, 0) is 19.2 Å². The van der Waals surface area contributed by atoms with Gasteiger partial charge in [-0.25, -0.2) is 0 Å². The van der Waals surface area contributed by atoms with Gasteiger partial charge < -0.3 is 0 Å². The highest BCUT2D eigenvalue weighted by Gasteiger charge is 2.60. The van der Waals surface area contributed by atoms with Crippen molar-refractivity contribution >= 4 is 56.6 Å². The van der Waals surface area contributed by atoms with Crippen molar-refractivity contribution in [2.45, 2.75) is 22.6 Å². The molecule has 8 heteroatoms. The third kappa shape index (κ3) is 3.10. The molecule has 0 radical (unpaired) electrons. The normalized spacial score (nSPS) is 35.8. The molecule has 4 amide bonds. The fourth-order valence-electron chi connectivity index (χ4n) is 7.71. The van der Waals surface area contributed by atoms with Crippen molar-refractivity contribution in [2.75, 3.05) is 9.80 Å². The maximum Gasteiger partial charge on any atom is 0.238 e. The predicted molar refractivity (Wildman–Crippen MR) is 145 cm³/mol. The number of hydrogen-bond donors (Lipinski definition) is 0. The second-order valence-electron chi connectivity index (χ2n) is 11.2. The molecule has 2 aliphatic heterocycles. The number of carbonyl (C=O) groups excluding carboxylic acids is 4. The van der Waals surface area contributed by atoms with E-state index in [0.29, 0.717) is 11.4 Å². The van der Waals surface area contributed by atoms with Gasteiger partial charge in [0.25, 0.3) is 0 Å². The minimum Gasteiger partial charge on any atom is -0.274 e. The lowest BCUT2D eigenvalue weighted by molar-refractivity contribution is -0.124. The molecule has 2 aromatic rings. The molecule has 6 aliphatic rings. The van der Waals surface area contributed by atoms with Crippen LogP contribution in [0, 0.1) is 47.3 Å². The van der Waals surface area contributed by atoms with Gasteiger partial charge in [-0.3, -0.25) is 29.0 Å². The van der Waals surface area contributed by atoms with Crippen LogP contribution in [-0.4, -0.2) is 23.6 Å². The van der Waals surface area contributed by atoms with Crippen LogP contribution < -0.4 is 9.80 Å². The zero-order chi connectivity index (χ0) is 25.7. The molecular weight excluding hydrogens is 516 g/mol. The van der Waals surface area contributed by atoms with Crippen molar-refractivity contribution in [3.63, 3.8) is 0 Å². The highest BCUT2D eigenvalue weighted by Crippen LogP contribution is 2.54. The van der Waals surface area contributed by atoms with Gasteiger partial charge in [0.1, 0.15) is 0 Å². The third-order valence-electron chi connectivity index (χ3n) is 9.36. The number of carbonyl (C=O) groups is 4. The first-order valence-electron chi connectivity index (χ1n) is 13.2. The van der Waals surface area contributed by atoms with E-state index in [2.05, 4.69) is 24.3 Å². The topological polar surface area (TPSA) is 74.8 Å². The Morgan fingerprint density at radius 3 is 1.05 bits per heavy atom. The summed E-state index contributed by atoms with van der Waals surface area (Å²) in [5, 5.41) is 0. The minimum absolute atomic E-state index is 0.0609. The minimum atomic E-state index is -0.192. The van der Waals surface area contributed by atoms with Crippen LogP contribution in [0.15, 0.2) is 82.6 Å². The van der Waals surface area contributed by atoms with Crippen molar-refractivity contribution in [3.05, 3.63) is 72.8 Å². The number of benzene rings is 2. The van der Waals surface area contributed by atoms with E-state index in [9.17, 15) is 19.2 Å². The van der Waals surface area contributed by atoms with E-state index in [4.69, 9.17) is 0 Å². The fourth-order valence-corrected chi connectivity index (χ4v) is 9.64. The van der Waals surface area contributed by atoms with Gasteiger partial charge in [-0.2, -0.15) is 0 Å². The first-order valence-corrected chi connectivity index (χ1v) is 15.3. The summed E-state index contributed by atoms with van der Waals surface area (Å²) in [4.78, 5) is 57.0. The summed E-state index contributed by atoms with van der Waals surface area (Å²) in [5.74, 6) is -0.187. The first kappa shape index (κ1) is 22.8. The monoisotopic (exact) mass is 540 g/mol. The summed E-state index contributed by atoms with van der Waals surface area (Å²) < 4.78 is 0. The van der Waals surface area contributed by atoms with E-state index in [0.717, 1.165) is 22.6 Å². The van der Waals surface area contributed by atoms with Crippen LogP contribution in [0.3, 0.4) is 0 Å². The van der Waals surface area contributed by atoms with Crippen LogP contribution in [0.25, 0.3) is 0 Å². The molecule has 8 rings (SSSR count). The molecule has 38 heavy (non-hydrogen) atoms. The molecule has 2 saturated carbocycles. The molecule has 8 unspecified atom stereocenters. The van der Waals surface area contributed by atoms with Crippen molar-refractivity contribution < 1.29 is 19.2 Å². The Morgan fingerprint density at radius 2 is 0.763 bits per heavy atom. The molecule has 0 spiro atoms. The number of anilines is 2. The van der Waals surface area contributed by atoms with E-state index in [1.54, 1.807) is 21.6 Å². The summed E-state index contributed by atoms with van der Waals surface area (Å²) in [6, 6.07) is 15.1. The van der Waals surface area contributed by atoms with E-state index in [1.165, 1.54) is 9.80 Å². The molecule has 2 heterocycles. The zero-order valence-electron chi connectivity index (χ0n) is 20.3. The molecular formula is C30H24N2O4S2. The predicted octanol–water partition coefficient (Wildman–Crippen LogP) is 5.11. The number of fused-ring (bicyclic) bond motifs is 10. The highest BCUT2D eigenvalue weighted by atomic mass is 33.1. The van der Waals surface area contributed by atoms with Gasteiger partial charge in [0.05, 0.1) is 35.0 Å². The highest BCUT2D eigenvalue weighted by molar-refractivity contribution is 8.76. The number of nitrogens with zero attached hydrogens (tertiary/aromatic N) is 2. The maximum atomic E-state index is 13.1. The van der Waals surface area contributed by atoms with Gasteiger partial charge in [0.15, 0.2) is 0 Å². The molecule has 4 bridgehead atoms. The van der Waals surface area contributed by atoms with Gasteiger partial charge in [-0.1, -0.05) is 45.9 Å². The molecule has 2 saturated heterocycles. The molecule has 4 fully saturated rings. The Labute approximate surface area is 227 Å². The second-order valence-corrected chi connectivity index (χ2v) is 13.5. The number of hydrogen-bond acceptors (Lipinski definition) is 6. The average molecular weight is 541 g/mol. The van der Waals surface area contributed by atoms with E-state index < -0.39 is 0 Å². The molecule has 2 aromatic carbocycles. The largest absolute Gasteiger partial charge is 0.274 e. The SMILES string of the molecule is O=C1C2C3C=CC(C3)C2C(=O)N1c1ccc(SSc2ccc(N3C(=O)C4C5C=CC(C5)C4C3=O)cc2)cc1. The summed E-state index contributed by atoms with van der Waals surface area (Å²) in [7, 11) is 3.16. The van der Waals surface area contributed by atoms with Gasteiger partial charge in [0, 0.05) is 9.79 Å². The molecule has 0 N–H and O–H groups in total. The van der Waals surface area contributed by atoms with Gasteiger partial charge in [-0.15, -0.1) is 0 Å². The molecule has 0 aromatic heterocycles. The first-order chi connectivity index (χ1) is 18.5. The van der Waals surface area contributed by atoms with Crippen LogP contribution in [0.4, 0.5) is 11.4 Å². The second kappa shape index (κ2) is 8.20. The lowest BCUT2D eigenvalue weighted by Gasteiger charge is -2.18. The van der Waals surface area contributed by atoms with Crippen LogP contribution in [0.2, 0.25) is 0 Å². The van der Waals surface area contributed by atoms with Crippen molar-refractivity contribution in [1.82, 2.24) is 0 Å². The Kier molecular flexibility index (Phi) is 4.93. The summed E-state index contributed by atoms with van der Waals surface area (Å²) >= 11 is 0. The molecule has 4 aliphatic carbocycles. The zero-order valence-corrected chi connectivity index (χ0v) is 21.9.